The van der Waals surface area contributed by atoms with Crippen LogP contribution in [0.2, 0.25) is 0 Å². The third-order valence-electron chi connectivity index (χ3n) is 7.85. The molecular weight excluding hydrogens is 1100 g/mol. The summed E-state index contributed by atoms with van der Waals surface area (Å²) in [7, 11) is 0. The Balaban J connectivity index is -0.000000164. The molecule has 6 unspecified atom stereocenters. The number of carbonyl (C=O) groups is 11. The van der Waals surface area contributed by atoms with Gasteiger partial charge in [-0.3, -0.25) is 59.9 Å². The smallest absolute Gasteiger partial charge is 0.325 e. The first-order chi connectivity index (χ1) is 38.4. The van der Waals surface area contributed by atoms with Crippen molar-refractivity contribution in [3.8, 4) is 49.6 Å². The second-order valence-corrected chi connectivity index (χ2v) is 13.4. The SMILES string of the molecule is C#N.C#N.C=O.N.N#CC(CC(C#N)NC(N)=O)NC(N)=O.N#CC(N)CC(N)C#N.N#CCN(CN(CC#N)OCN)OCN.N=C=O.N=C=O.O=C1CN(CN2CC(=O)NC2=O)C(=O)N1.O=C1NC(=O)C(CC2NC(=O)NC2=O)N1. The lowest BCUT2D eigenvalue weighted by molar-refractivity contribution is -0.246. The van der Waals surface area contributed by atoms with E-state index >= 15 is 0 Å². The lowest BCUT2D eigenvalue weighted by Gasteiger charge is -2.24. The van der Waals surface area contributed by atoms with E-state index in [1.165, 1.54) is 10.1 Å². The van der Waals surface area contributed by atoms with Crippen LogP contribution < -0.4 is 83.1 Å². The second-order valence-electron chi connectivity index (χ2n) is 13.4. The summed E-state index contributed by atoms with van der Waals surface area (Å²) in [5.74, 6) is -1.81. The van der Waals surface area contributed by atoms with Crippen molar-refractivity contribution >= 4 is 78.8 Å². The standard InChI is InChI=1S/C7H10N6O2.C7H14N6O2.2C7H8N4O4.C5H8N4.2CHNO.2CHN.CH2O.H3N/c8-2-4(12-6(10)14)1-5(3-9)13-7(11)15;8-1-3-12(14-5-10)7-13(4-2-9)15-6-11;12-4-1-10(6(14)8-4)3-11-2-5(13)9-7(11)15;12-4-2(8-6(14)10-4)1-3-5(13)11-7(15)9-3;6-2-4(8)1-5(9)3-7;2*2-1-3;3*1-2;/h4-5H,1H2,(H3,10,12,14)(H3,11,13,15);3-7,10-11H2;1-3H2,(H,8,12,14)(H,9,13,15);2-3H,1H2,(H2,8,10,12,14)(H2,9,11,13,15);4-5H,1,8-9H2;2*2H;2*1H;1H2;1H3. The Labute approximate surface area is 464 Å². The molecule has 4 rings (SSSR count). The van der Waals surface area contributed by atoms with Crippen molar-refractivity contribution < 1.29 is 72.0 Å². The number of hydrogen-bond donors (Lipinski definition) is 17. The molecule has 82 heavy (non-hydrogen) atoms. The Bertz CT molecular complexity index is 2210. The van der Waals surface area contributed by atoms with Crippen molar-refractivity contribution in [3.05, 3.63) is 0 Å². The Morgan fingerprint density at radius 1 is 0.646 bits per heavy atom. The van der Waals surface area contributed by atoms with Gasteiger partial charge in [-0.25, -0.2) is 59.7 Å². The first-order valence-electron chi connectivity index (χ1n) is 20.8. The number of carbonyl (C=O) groups excluding carboxylic acids is 13. The summed E-state index contributed by atoms with van der Waals surface area (Å²) in [5.41, 5.74) is 30.2. The Kier molecular flexibility index (Phi) is 55.6. The summed E-state index contributed by atoms with van der Waals surface area (Å²) in [6.45, 7) is 8.83. The van der Waals surface area contributed by atoms with Crippen molar-refractivity contribution in [2.45, 2.75) is 55.5 Å². The number of amides is 16. The average Bonchev–Trinajstić information content (AvgIpc) is 4.14. The van der Waals surface area contributed by atoms with Gasteiger partial charge in [0.1, 0.15) is 83.9 Å². The molecule has 0 saturated carbocycles. The molecule has 444 valence electrons. The molecule has 4 fully saturated rings. The molecule has 0 aromatic carbocycles. The molecule has 0 aliphatic carbocycles. The summed E-state index contributed by atoms with van der Waals surface area (Å²) >= 11 is 0. The van der Waals surface area contributed by atoms with E-state index in [2.05, 4.69) is 45.0 Å². The first-order valence-corrected chi connectivity index (χ1v) is 20.8. The highest BCUT2D eigenvalue weighted by atomic mass is 16.7. The van der Waals surface area contributed by atoms with Gasteiger partial charge in [-0.05, 0) is 0 Å². The van der Waals surface area contributed by atoms with Crippen LogP contribution in [0.5, 0.6) is 0 Å². The van der Waals surface area contributed by atoms with Crippen molar-refractivity contribution in [1.82, 2.24) is 68.6 Å². The van der Waals surface area contributed by atoms with Gasteiger partial charge < -0.3 is 66.6 Å². The van der Waals surface area contributed by atoms with E-state index in [-0.39, 0.29) is 78.4 Å². The second kappa shape index (κ2) is 54.1. The highest BCUT2D eigenvalue weighted by Crippen LogP contribution is 2.07. The van der Waals surface area contributed by atoms with Crippen LogP contribution in [0, 0.1) is 102 Å². The summed E-state index contributed by atoms with van der Waals surface area (Å²) < 4.78 is 0. The molecule has 0 bridgehead atoms. The molecule has 4 saturated heterocycles. The van der Waals surface area contributed by atoms with Gasteiger partial charge >= 0.3 is 36.2 Å². The number of hydroxylamine groups is 4. The van der Waals surface area contributed by atoms with Gasteiger partial charge in [-0.15, -0.1) is 0 Å². The molecule has 0 radical (unpaired) electrons. The number of urea groups is 6. The predicted molar refractivity (Wildman–Crippen MR) is 264 cm³/mol. The van der Waals surface area contributed by atoms with Gasteiger partial charge in [0.2, 0.25) is 24.0 Å². The number of primary amides is 2. The lowest BCUT2D eigenvalue weighted by Crippen LogP contribution is -2.44. The molecule has 4 heterocycles. The zero-order chi connectivity index (χ0) is 64.1. The normalized spacial score (nSPS) is 15.4. The van der Waals surface area contributed by atoms with E-state index in [9.17, 15) is 47.9 Å². The van der Waals surface area contributed by atoms with E-state index in [0.717, 1.165) is 22.0 Å². The molecular formula is C38H57N29O15. The predicted octanol–water partition coefficient (Wildman–Crippen LogP) is -8.24. The molecule has 0 aromatic heterocycles. The van der Waals surface area contributed by atoms with Crippen molar-refractivity contribution in [2.24, 2.45) is 34.4 Å². The molecule has 44 heteroatoms. The fourth-order valence-corrected chi connectivity index (χ4v) is 4.95. The quantitative estimate of drug-likeness (QED) is 0.0151. The van der Waals surface area contributed by atoms with Crippen LogP contribution in [0.15, 0.2) is 0 Å². The van der Waals surface area contributed by atoms with Crippen LogP contribution in [0.4, 0.5) is 28.8 Å². The van der Waals surface area contributed by atoms with E-state index in [1.54, 1.807) is 24.3 Å². The summed E-state index contributed by atoms with van der Waals surface area (Å²) in [5, 5.41) is 93.8. The van der Waals surface area contributed by atoms with Crippen LogP contribution in [0.1, 0.15) is 19.3 Å². The van der Waals surface area contributed by atoms with Gasteiger partial charge in [-0.2, -0.15) is 41.7 Å². The zero-order valence-electron chi connectivity index (χ0n) is 42.8. The minimum Gasteiger partial charge on any atom is -0.352 e. The minimum atomic E-state index is -0.945. The molecule has 16 amide bonds. The maximum absolute atomic E-state index is 11.1. The van der Waals surface area contributed by atoms with E-state index in [0.29, 0.717) is 0 Å². The molecule has 0 aromatic rings. The highest BCUT2D eigenvalue weighted by Gasteiger charge is 2.38. The topological polar surface area (TPSA) is 779 Å². The maximum atomic E-state index is 11.1. The van der Waals surface area contributed by atoms with Gasteiger partial charge in [0, 0.05) is 32.4 Å². The zero-order valence-corrected chi connectivity index (χ0v) is 42.8. The maximum Gasteiger partial charge on any atom is 0.325 e. The number of rotatable bonds is 18. The Morgan fingerprint density at radius 3 is 1.17 bits per heavy atom. The van der Waals surface area contributed by atoms with Gasteiger partial charge in [0.05, 0.1) is 48.5 Å². The number of nitrogens with one attached hydrogen (secondary N) is 10. The van der Waals surface area contributed by atoms with Crippen LogP contribution in [-0.4, -0.2) is 188 Å². The third kappa shape index (κ3) is 43.5. The van der Waals surface area contributed by atoms with E-state index in [1.807, 2.05) is 29.6 Å². The number of imide groups is 4. The summed E-state index contributed by atoms with van der Waals surface area (Å²) in [6.07, 6.45) is 1.71. The molecule has 0 spiro atoms. The average molecular weight is 1160 g/mol. The molecule has 44 nitrogen and oxygen atoms in total. The van der Waals surface area contributed by atoms with E-state index < -0.39 is 96.1 Å². The Morgan fingerprint density at radius 2 is 0.963 bits per heavy atom. The van der Waals surface area contributed by atoms with Gasteiger partial charge in [-0.1, -0.05) is 0 Å². The van der Waals surface area contributed by atoms with Gasteiger partial charge in [0.25, 0.3) is 11.8 Å². The van der Waals surface area contributed by atoms with Crippen LogP contribution in [0.3, 0.4) is 0 Å². The molecule has 6 atom stereocenters. The van der Waals surface area contributed by atoms with Gasteiger partial charge in [0.15, 0.2) is 0 Å². The number of nitrogens with two attached hydrogens (primary N) is 6. The fourth-order valence-electron chi connectivity index (χ4n) is 4.95. The number of hydrogen-bond acceptors (Lipinski definition) is 32. The highest BCUT2D eigenvalue weighted by molar-refractivity contribution is 6.07. The number of nitriles is 8. The van der Waals surface area contributed by atoms with Crippen LogP contribution >= 0.6 is 0 Å². The molecule has 4 aliphatic heterocycles. The lowest BCUT2D eigenvalue weighted by atomic mass is 10.1. The first kappa shape index (κ1) is 84.2. The number of isocyanates is 2. The minimum absolute atomic E-state index is 0. The van der Waals surface area contributed by atoms with E-state index in [4.69, 9.17) is 111 Å². The van der Waals surface area contributed by atoms with Crippen LogP contribution in [0.25, 0.3) is 0 Å². The van der Waals surface area contributed by atoms with Crippen LogP contribution in [-0.2, 0) is 43.2 Å². The van der Waals surface area contributed by atoms with Crippen molar-refractivity contribution in [2.75, 3.05) is 53.0 Å². The summed E-state index contributed by atoms with van der Waals surface area (Å²) in [6, 6.07) is 2.08. The molecule has 4 aliphatic rings. The van der Waals surface area contributed by atoms with Crippen molar-refractivity contribution in [1.29, 1.82) is 52.9 Å². The van der Waals surface area contributed by atoms with Crippen molar-refractivity contribution in [3.63, 3.8) is 0 Å². The third-order valence-corrected chi connectivity index (χ3v) is 7.85. The largest absolute Gasteiger partial charge is 0.352 e. The molecule has 25 N–H and O–H groups in total. The fraction of sp³-hybridized carbons (Fsp3) is 0.447. The summed E-state index contributed by atoms with van der Waals surface area (Å²) in [4.78, 5) is 145. The monoisotopic (exact) mass is 1160 g/mol. The number of nitrogens with zero attached hydrogens (tertiary/aromatic N) is 12. The Hall–Kier alpha value is -11.7.